The number of ether oxygens (including phenoxy) is 1. The Bertz CT molecular complexity index is 957. The molecular weight excluding hydrogens is 382 g/mol. The van der Waals surface area contributed by atoms with E-state index in [9.17, 15) is 14.4 Å². The first-order valence-corrected chi connectivity index (χ1v) is 10.2. The average molecular weight is 407 g/mol. The van der Waals surface area contributed by atoms with Crippen molar-refractivity contribution in [3.63, 3.8) is 0 Å². The first kappa shape index (κ1) is 19.9. The molecule has 0 saturated carbocycles. The molecule has 1 saturated heterocycles. The number of nitrogens with one attached hydrogen (secondary N) is 1. The minimum absolute atomic E-state index is 0.0691. The van der Waals surface area contributed by atoms with E-state index in [0.717, 1.165) is 29.8 Å². The SMILES string of the molecule is COc1ccc(N2CC(C(=O)NCC(=O)N3CCCc4ccccc43)CC2=O)cc1. The van der Waals surface area contributed by atoms with Gasteiger partial charge in [-0.1, -0.05) is 18.2 Å². The number of benzene rings is 2. The molecule has 1 atom stereocenters. The molecule has 2 aromatic carbocycles. The molecule has 0 spiro atoms. The highest BCUT2D eigenvalue weighted by Crippen LogP contribution is 2.28. The van der Waals surface area contributed by atoms with Gasteiger partial charge in [-0.3, -0.25) is 14.4 Å². The van der Waals surface area contributed by atoms with Crippen LogP contribution in [0.5, 0.6) is 5.75 Å². The van der Waals surface area contributed by atoms with Crippen molar-refractivity contribution in [2.75, 3.05) is 36.5 Å². The number of aryl methyl sites for hydroxylation is 1. The van der Waals surface area contributed by atoms with E-state index < -0.39 is 5.92 Å². The van der Waals surface area contributed by atoms with Gasteiger partial charge in [0.15, 0.2) is 0 Å². The minimum atomic E-state index is -0.471. The Hall–Kier alpha value is -3.35. The van der Waals surface area contributed by atoms with E-state index in [1.165, 1.54) is 0 Å². The summed E-state index contributed by atoms with van der Waals surface area (Å²) in [7, 11) is 1.58. The standard InChI is InChI=1S/C23H25N3O4/c1-30-19-10-8-18(9-11-19)26-15-17(13-21(26)27)23(29)24-14-22(28)25-12-4-6-16-5-2-3-7-20(16)25/h2-3,5,7-11,17H,4,6,12-15H2,1H3,(H,24,29). The zero-order valence-electron chi connectivity index (χ0n) is 17.0. The molecule has 2 heterocycles. The fraction of sp³-hybridized carbons (Fsp3) is 0.348. The molecular formula is C23H25N3O4. The maximum atomic E-state index is 12.7. The van der Waals surface area contributed by atoms with E-state index in [1.807, 2.05) is 24.3 Å². The Morgan fingerprint density at radius 2 is 1.90 bits per heavy atom. The summed E-state index contributed by atoms with van der Waals surface area (Å²) >= 11 is 0. The van der Waals surface area contributed by atoms with Crippen molar-refractivity contribution in [1.82, 2.24) is 5.32 Å². The summed E-state index contributed by atoms with van der Waals surface area (Å²) in [5.41, 5.74) is 2.81. The Kier molecular flexibility index (Phi) is 5.70. The van der Waals surface area contributed by atoms with Gasteiger partial charge in [-0.05, 0) is 48.7 Å². The van der Waals surface area contributed by atoms with Gasteiger partial charge in [0, 0.05) is 30.9 Å². The van der Waals surface area contributed by atoms with Gasteiger partial charge in [-0.2, -0.15) is 0 Å². The minimum Gasteiger partial charge on any atom is -0.497 e. The molecule has 2 aromatic rings. The first-order chi connectivity index (χ1) is 14.6. The fourth-order valence-electron chi connectivity index (χ4n) is 4.09. The van der Waals surface area contributed by atoms with Gasteiger partial charge in [0.05, 0.1) is 19.6 Å². The van der Waals surface area contributed by atoms with Gasteiger partial charge in [-0.25, -0.2) is 0 Å². The molecule has 0 bridgehead atoms. The van der Waals surface area contributed by atoms with Crippen molar-refractivity contribution in [2.45, 2.75) is 19.3 Å². The summed E-state index contributed by atoms with van der Waals surface area (Å²) in [6, 6.07) is 15.0. The topological polar surface area (TPSA) is 79.0 Å². The Labute approximate surface area is 175 Å². The second-order valence-electron chi connectivity index (χ2n) is 7.60. The molecule has 1 unspecified atom stereocenters. The summed E-state index contributed by atoms with van der Waals surface area (Å²) in [5.74, 6) is -0.264. The highest BCUT2D eigenvalue weighted by atomic mass is 16.5. The van der Waals surface area contributed by atoms with Crippen LogP contribution in [0.2, 0.25) is 0 Å². The number of methoxy groups -OCH3 is 1. The van der Waals surface area contributed by atoms with E-state index in [4.69, 9.17) is 4.74 Å². The molecule has 1 fully saturated rings. The fourth-order valence-corrected chi connectivity index (χ4v) is 4.09. The van der Waals surface area contributed by atoms with Crippen LogP contribution < -0.4 is 19.9 Å². The lowest BCUT2D eigenvalue weighted by Crippen LogP contribution is -2.44. The molecule has 30 heavy (non-hydrogen) atoms. The third-order valence-corrected chi connectivity index (χ3v) is 5.71. The predicted octanol–water partition coefficient (Wildman–Crippen LogP) is 2.14. The maximum absolute atomic E-state index is 12.7. The Morgan fingerprint density at radius 3 is 2.67 bits per heavy atom. The molecule has 7 nitrogen and oxygen atoms in total. The lowest BCUT2D eigenvalue weighted by Gasteiger charge is -2.29. The number of amides is 3. The van der Waals surface area contributed by atoms with Crippen LogP contribution in [0.4, 0.5) is 11.4 Å². The van der Waals surface area contributed by atoms with Gasteiger partial charge in [0.2, 0.25) is 17.7 Å². The highest BCUT2D eigenvalue weighted by molar-refractivity contribution is 6.02. The monoisotopic (exact) mass is 407 g/mol. The summed E-state index contributed by atoms with van der Waals surface area (Å²) in [6.45, 7) is 0.886. The first-order valence-electron chi connectivity index (χ1n) is 10.2. The molecule has 156 valence electrons. The molecule has 1 N–H and O–H groups in total. The molecule has 0 aliphatic carbocycles. The smallest absolute Gasteiger partial charge is 0.246 e. The van der Waals surface area contributed by atoms with Crippen molar-refractivity contribution >= 4 is 29.1 Å². The van der Waals surface area contributed by atoms with E-state index in [1.54, 1.807) is 41.2 Å². The summed E-state index contributed by atoms with van der Waals surface area (Å²) in [5, 5.41) is 2.73. The van der Waals surface area contributed by atoms with Crippen LogP contribution >= 0.6 is 0 Å². The highest BCUT2D eigenvalue weighted by Gasteiger charge is 2.35. The van der Waals surface area contributed by atoms with Crippen LogP contribution in [-0.4, -0.2) is 44.5 Å². The van der Waals surface area contributed by atoms with Crippen LogP contribution in [0, 0.1) is 5.92 Å². The molecule has 4 rings (SSSR count). The average Bonchev–Trinajstić information content (AvgIpc) is 3.18. The van der Waals surface area contributed by atoms with Gasteiger partial charge < -0.3 is 19.9 Å². The number of para-hydroxylation sites is 1. The van der Waals surface area contributed by atoms with Crippen molar-refractivity contribution < 1.29 is 19.1 Å². The Balaban J connectivity index is 1.34. The zero-order chi connectivity index (χ0) is 21.1. The van der Waals surface area contributed by atoms with E-state index in [0.29, 0.717) is 18.8 Å². The van der Waals surface area contributed by atoms with Crippen LogP contribution in [0.25, 0.3) is 0 Å². The van der Waals surface area contributed by atoms with Crippen LogP contribution in [0.3, 0.4) is 0 Å². The molecule has 0 radical (unpaired) electrons. The second kappa shape index (κ2) is 8.57. The third-order valence-electron chi connectivity index (χ3n) is 5.71. The lowest BCUT2D eigenvalue weighted by atomic mass is 10.0. The van der Waals surface area contributed by atoms with E-state index >= 15 is 0 Å². The summed E-state index contributed by atoms with van der Waals surface area (Å²) < 4.78 is 5.14. The Morgan fingerprint density at radius 1 is 1.13 bits per heavy atom. The van der Waals surface area contributed by atoms with E-state index in [-0.39, 0.29) is 30.7 Å². The number of anilines is 2. The van der Waals surface area contributed by atoms with Crippen LogP contribution in [-0.2, 0) is 20.8 Å². The number of nitrogens with zero attached hydrogens (tertiary/aromatic N) is 2. The van der Waals surface area contributed by atoms with Crippen molar-refractivity contribution in [3.8, 4) is 5.75 Å². The second-order valence-corrected chi connectivity index (χ2v) is 7.60. The molecule has 3 amide bonds. The number of fused-ring (bicyclic) bond motifs is 1. The third kappa shape index (κ3) is 4.01. The normalized spacial score (nSPS) is 18.2. The van der Waals surface area contributed by atoms with Crippen molar-refractivity contribution in [2.24, 2.45) is 5.92 Å². The van der Waals surface area contributed by atoms with Gasteiger partial charge >= 0.3 is 0 Å². The molecule has 2 aliphatic heterocycles. The van der Waals surface area contributed by atoms with Gasteiger partial charge in [0.1, 0.15) is 5.75 Å². The number of rotatable bonds is 5. The van der Waals surface area contributed by atoms with Crippen LogP contribution in [0.1, 0.15) is 18.4 Å². The summed E-state index contributed by atoms with van der Waals surface area (Å²) in [4.78, 5) is 41.1. The number of hydrogen-bond acceptors (Lipinski definition) is 4. The zero-order valence-corrected chi connectivity index (χ0v) is 17.0. The summed E-state index contributed by atoms with van der Waals surface area (Å²) in [6.07, 6.45) is 2.00. The number of carbonyl (C=O) groups is 3. The molecule has 2 aliphatic rings. The quantitative estimate of drug-likeness (QED) is 0.824. The number of hydrogen-bond donors (Lipinski definition) is 1. The van der Waals surface area contributed by atoms with Crippen molar-refractivity contribution in [3.05, 3.63) is 54.1 Å². The predicted molar refractivity (Wildman–Crippen MR) is 114 cm³/mol. The molecule has 7 heteroatoms. The van der Waals surface area contributed by atoms with E-state index in [2.05, 4.69) is 5.32 Å². The maximum Gasteiger partial charge on any atom is 0.246 e. The van der Waals surface area contributed by atoms with Gasteiger partial charge in [-0.15, -0.1) is 0 Å². The molecule has 0 aromatic heterocycles. The van der Waals surface area contributed by atoms with Crippen molar-refractivity contribution in [1.29, 1.82) is 0 Å². The van der Waals surface area contributed by atoms with Crippen LogP contribution in [0.15, 0.2) is 48.5 Å². The largest absolute Gasteiger partial charge is 0.497 e. The lowest BCUT2D eigenvalue weighted by molar-refractivity contribution is -0.128. The van der Waals surface area contributed by atoms with Gasteiger partial charge in [0.25, 0.3) is 0 Å². The number of carbonyl (C=O) groups excluding carboxylic acids is 3.